The number of para-hydroxylation sites is 1. The van der Waals surface area contributed by atoms with Crippen LogP contribution in [0.25, 0.3) is 10.9 Å². The minimum atomic E-state index is -0.103. The van der Waals surface area contributed by atoms with E-state index >= 15 is 0 Å². The number of hydrogen-bond acceptors (Lipinski definition) is 7. The zero-order chi connectivity index (χ0) is 23.3. The smallest absolute Gasteiger partial charge is 0.262 e. The molecule has 1 saturated heterocycles. The van der Waals surface area contributed by atoms with E-state index in [1.54, 1.807) is 10.6 Å². The summed E-state index contributed by atoms with van der Waals surface area (Å²) in [7, 11) is 0. The summed E-state index contributed by atoms with van der Waals surface area (Å²) in [5, 5.41) is 4.07. The van der Waals surface area contributed by atoms with E-state index in [0.717, 1.165) is 29.9 Å². The molecule has 1 atom stereocenters. The van der Waals surface area contributed by atoms with Gasteiger partial charge in [0.1, 0.15) is 13.2 Å². The van der Waals surface area contributed by atoms with E-state index in [4.69, 9.17) is 14.2 Å². The largest absolute Gasteiger partial charge is 0.486 e. The summed E-state index contributed by atoms with van der Waals surface area (Å²) >= 11 is 1.28. The van der Waals surface area contributed by atoms with Crippen LogP contribution in [-0.2, 0) is 22.5 Å². The topological polar surface area (TPSA) is 91.7 Å². The number of benzene rings is 2. The van der Waals surface area contributed by atoms with Gasteiger partial charge in [-0.1, -0.05) is 30.0 Å². The number of hydrogen-bond donors (Lipinski definition) is 1. The van der Waals surface area contributed by atoms with Crippen molar-refractivity contribution in [2.75, 3.05) is 32.1 Å². The molecule has 0 aliphatic carbocycles. The Morgan fingerprint density at radius 2 is 1.97 bits per heavy atom. The third-order valence-electron chi connectivity index (χ3n) is 5.91. The number of fused-ring (bicyclic) bond motifs is 2. The maximum Gasteiger partial charge on any atom is 0.262 e. The molecule has 1 N–H and O–H groups in total. The van der Waals surface area contributed by atoms with Crippen molar-refractivity contribution in [2.45, 2.75) is 37.1 Å². The van der Waals surface area contributed by atoms with E-state index in [1.165, 1.54) is 11.8 Å². The molecule has 0 radical (unpaired) electrons. The van der Waals surface area contributed by atoms with Gasteiger partial charge in [-0.15, -0.1) is 0 Å². The molecule has 34 heavy (non-hydrogen) atoms. The highest BCUT2D eigenvalue weighted by molar-refractivity contribution is 7.99. The molecule has 2 aliphatic rings. The Morgan fingerprint density at radius 1 is 1.12 bits per heavy atom. The fraction of sp³-hybridized carbons (Fsp3) is 0.400. The monoisotopic (exact) mass is 481 g/mol. The van der Waals surface area contributed by atoms with Gasteiger partial charge in [-0.25, -0.2) is 4.98 Å². The molecular formula is C25H27N3O5S. The Balaban J connectivity index is 1.21. The van der Waals surface area contributed by atoms with Gasteiger partial charge in [0.15, 0.2) is 16.7 Å². The first-order chi connectivity index (χ1) is 16.7. The number of carbonyl (C=O) groups is 1. The molecule has 8 nitrogen and oxygen atoms in total. The summed E-state index contributed by atoms with van der Waals surface area (Å²) in [6, 6.07) is 13.2. The molecule has 1 amide bonds. The van der Waals surface area contributed by atoms with Crippen LogP contribution >= 0.6 is 11.8 Å². The zero-order valence-electron chi connectivity index (χ0n) is 18.8. The highest BCUT2D eigenvalue weighted by atomic mass is 32.2. The van der Waals surface area contributed by atoms with Gasteiger partial charge in [-0.2, -0.15) is 0 Å². The molecule has 2 aliphatic heterocycles. The second-order valence-corrected chi connectivity index (χ2v) is 9.27. The van der Waals surface area contributed by atoms with E-state index in [-0.39, 0.29) is 23.3 Å². The average Bonchev–Trinajstić information content (AvgIpc) is 3.38. The number of thioether (sulfide) groups is 1. The lowest BCUT2D eigenvalue weighted by molar-refractivity contribution is -0.118. The second kappa shape index (κ2) is 10.5. The average molecular weight is 482 g/mol. The van der Waals surface area contributed by atoms with Crippen LogP contribution in [0.15, 0.2) is 52.4 Å². The Morgan fingerprint density at radius 3 is 2.82 bits per heavy atom. The fourth-order valence-electron chi connectivity index (χ4n) is 4.18. The summed E-state index contributed by atoms with van der Waals surface area (Å²) in [6.45, 7) is 2.78. The minimum absolute atomic E-state index is 0.000152. The zero-order valence-corrected chi connectivity index (χ0v) is 19.6. The summed E-state index contributed by atoms with van der Waals surface area (Å²) in [4.78, 5) is 30.4. The number of nitrogens with one attached hydrogen (secondary N) is 1. The Hall–Kier alpha value is -3.04. The lowest BCUT2D eigenvalue weighted by Crippen LogP contribution is -2.30. The molecule has 0 spiro atoms. The first-order valence-corrected chi connectivity index (χ1v) is 12.5. The highest BCUT2D eigenvalue weighted by Crippen LogP contribution is 2.30. The standard InChI is InChI=1S/C25H27N3O5S/c29-23(26-10-9-17-7-8-21-22(14-17)33-13-12-32-21)16-34-25-27-20-6-2-1-5-19(20)24(30)28(25)15-18-4-3-11-31-18/h1-2,5-8,14,18H,3-4,9-13,15-16H2,(H,26,29). The van der Waals surface area contributed by atoms with E-state index in [0.29, 0.717) is 55.4 Å². The van der Waals surface area contributed by atoms with Gasteiger partial charge in [0, 0.05) is 13.2 Å². The highest BCUT2D eigenvalue weighted by Gasteiger charge is 2.20. The van der Waals surface area contributed by atoms with Crippen LogP contribution in [0.4, 0.5) is 0 Å². The lowest BCUT2D eigenvalue weighted by atomic mass is 10.1. The lowest BCUT2D eigenvalue weighted by Gasteiger charge is -2.19. The van der Waals surface area contributed by atoms with E-state index in [9.17, 15) is 9.59 Å². The minimum Gasteiger partial charge on any atom is -0.486 e. The van der Waals surface area contributed by atoms with Gasteiger partial charge in [-0.3, -0.25) is 14.2 Å². The van der Waals surface area contributed by atoms with Crippen molar-refractivity contribution >= 4 is 28.6 Å². The SMILES string of the molecule is O=C(CSc1nc2ccccc2c(=O)n1CC1CCCO1)NCCc1ccc2c(c1)OCCO2. The molecular weight excluding hydrogens is 454 g/mol. The van der Waals surface area contributed by atoms with Crippen LogP contribution < -0.4 is 20.3 Å². The molecule has 9 heteroatoms. The number of nitrogens with zero attached hydrogens (tertiary/aromatic N) is 2. The van der Waals surface area contributed by atoms with Gasteiger partial charge in [0.2, 0.25) is 5.91 Å². The quantitative estimate of drug-likeness (QED) is 0.391. The number of aromatic nitrogens is 2. The maximum atomic E-state index is 13.1. The predicted molar refractivity (Wildman–Crippen MR) is 130 cm³/mol. The molecule has 1 unspecified atom stereocenters. The third-order valence-corrected chi connectivity index (χ3v) is 6.89. The maximum absolute atomic E-state index is 13.1. The molecule has 2 aromatic carbocycles. The number of ether oxygens (including phenoxy) is 3. The van der Waals surface area contributed by atoms with Crippen molar-refractivity contribution in [3.05, 3.63) is 58.4 Å². The van der Waals surface area contributed by atoms with Crippen LogP contribution in [0.2, 0.25) is 0 Å². The Labute approximate surface area is 201 Å². The van der Waals surface area contributed by atoms with E-state index in [2.05, 4.69) is 10.3 Å². The van der Waals surface area contributed by atoms with Gasteiger partial charge in [-0.05, 0) is 49.1 Å². The summed E-state index contributed by atoms with van der Waals surface area (Å²) in [5.74, 6) is 1.58. The van der Waals surface area contributed by atoms with Gasteiger partial charge in [0.25, 0.3) is 5.56 Å². The first-order valence-electron chi connectivity index (χ1n) is 11.6. The fourth-order valence-corrected chi connectivity index (χ4v) is 5.02. The summed E-state index contributed by atoms with van der Waals surface area (Å²) < 4.78 is 18.6. The van der Waals surface area contributed by atoms with Crippen LogP contribution in [-0.4, -0.2) is 53.7 Å². The predicted octanol–water partition coefficient (Wildman–Crippen LogP) is 2.80. The Kier molecular flexibility index (Phi) is 7.01. The van der Waals surface area contributed by atoms with Crippen LogP contribution in [0.1, 0.15) is 18.4 Å². The van der Waals surface area contributed by atoms with E-state index < -0.39 is 0 Å². The Bertz CT molecular complexity index is 1240. The second-order valence-electron chi connectivity index (χ2n) is 8.33. The van der Waals surface area contributed by atoms with Crippen molar-refractivity contribution in [1.82, 2.24) is 14.9 Å². The molecule has 1 fully saturated rings. The van der Waals surface area contributed by atoms with Crippen molar-refractivity contribution in [1.29, 1.82) is 0 Å². The molecule has 3 heterocycles. The summed E-state index contributed by atoms with van der Waals surface area (Å²) in [5.41, 5.74) is 1.61. The molecule has 1 aromatic heterocycles. The third kappa shape index (κ3) is 5.20. The number of amides is 1. The molecule has 0 saturated carbocycles. The van der Waals surface area contributed by atoms with Crippen molar-refractivity contribution < 1.29 is 19.0 Å². The van der Waals surface area contributed by atoms with Gasteiger partial charge in [0.05, 0.1) is 29.3 Å². The molecule has 5 rings (SSSR count). The molecule has 178 valence electrons. The van der Waals surface area contributed by atoms with Crippen LogP contribution in [0, 0.1) is 0 Å². The van der Waals surface area contributed by atoms with Gasteiger partial charge >= 0.3 is 0 Å². The van der Waals surface area contributed by atoms with Crippen LogP contribution in [0.3, 0.4) is 0 Å². The van der Waals surface area contributed by atoms with E-state index in [1.807, 2.05) is 36.4 Å². The van der Waals surface area contributed by atoms with Gasteiger partial charge < -0.3 is 19.5 Å². The van der Waals surface area contributed by atoms with Crippen molar-refractivity contribution in [3.63, 3.8) is 0 Å². The number of carbonyl (C=O) groups excluding carboxylic acids is 1. The molecule has 0 bridgehead atoms. The van der Waals surface area contributed by atoms with Crippen molar-refractivity contribution in [2.24, 2.45) is 0 Å². The molecule has 3 aromatic rings. The summed E-state index contributed by atoms with van der Waals surface area (Å²) in [6.07, 6.45) is 2.60. The normalized spacial score (nSPS) is 17.1. The first kappa shape index (κ1) is 22.7. The van der Waals surface area contributed by atoms with Crippen LogP contribution in [0.5, 0.6) is 11.5 Å². The number of rotatable bonds is 8. The van der Waals surface area contributed by atoms with Crippen molar-refractivity contribution in [3.8, 4) is 11.5 Å².